The van der Waals surface area contributed by atoms with Gasteiger partial charge in [0.2, 0.25) is 0 Å². The van der Waals surface area contributed by atoms with E-state index < -0.39 is 28.1 Å². The molecule has 4 unspecified atom stereocenters. The number of benzene rings is 1. The molecule has 1 aliphatic carbocycles. The number of nitrogens with one attached hydrogen (secondary N) is 1. The molecule has 1 amide bonds. The molecule has 2 heterocycles. The Labute approximate surface area is 180 Å². The molecule has 31 heavy (non-hydrogen) atoms. The number of carbonyl (C=O) groups is 1. The molecule has 2 aliphatic rings. The second-order valence-corrected chi connectivity index (χ2v) is 10.6. The highest BCUT2D eigenvalue weighted by Gasteiger charge is 2.42. The summed E-state index contributed by atoms with van der Waals surface area (Å²) in [5, 5.41) is 31.9. The van der Waals surface area contributed by atoms with E-state index in [1.165, 1.54) is 0 Å². The van der Waals surface area contributed by atoms with Gasteiger partial charge in [-0.05, 0) is 18.6 Å². The van der Waals surface area contributed by atoms with Crippen molar-refractivity contribution in [3.05, 3.63) is 47.8 Å². The average Bonchev–Trinajstić information content (AvgIpc) is 3.30. The molecule has 0 bridgehead atoms. The maximum absolute atomic E-state index is 12.4. The lowest BCUT2D eigenvalue weighted by Gasteiger charge is -2.25. The maximum atomic E-state index is 12.4. The summed E-state index contributed by atoms with van der Waals surface area (Å²) in [4.78, 5) is 14.4. The van der Waals surface area contributed by atoms with Crippen molar-refractivity contribution in [3.8, 4) is 0 Å². The first kappa shape index (κ1) is 21.9. The SMILES string of the molecule is O=C(NC1CC(Cn2cc(CN3CCS(=O)(=O)CC3)nn2)C(O)C1O)c1ccccc1. The van der Waals surface area contributed by atoms with E-state index in [1.807, 2.05) is 11.0 Å². The van der Waals surface area contributed by atoms with Gasteiger partial charge >= 0.3 is 0 Å². The van der Waals surface area contributed by atoms with E-state index in [1.54, 1.807) is 35.1 Å². The summed E-state index contributed by atoms with van der Waals surface area (Å²) in [6.45, 7) is 1.83. The van der Waals surface area contributed by atoms with Crippen LogP contribution in [0.15, 0.2) is 36.5 Å². The molecule has 4 atom stereocenters. The molecular weight excluding hydrogens is 422 g/mol. The molecule has 0 spiro atoms. The second kappa shape index (κ2) is 9.03. The van der Waals surface area contributed by atoms with Crippen LogP contribution in [0.3, 0.4) is 0 Å². The minimum Gasteiger partial charge on any atom is -0.390 e. The van der Waals surface area contributed by atoms with Crippen molar-refractivity contribution in [3.63, 3.8) is 0 Å². The zero-order valence-electron chi connectivity index (χ0n) is 17.0. The molecule has 1 saturated heterocycles. The maximum Gasteiger partial charge on any atom is 0.251 e. The van der Waals surface area contributed by atoms with Crippen LogP contribution < -0.4 is 5.32 Å². The van der Waals surface area contributed by atoms with Crippen molar-refractivity contribution >= 4 is 15.7 Å². The van der Waals surface area contributed by atoms with E-state index in [0.717, 1.165) is 5.69 Å². The van der Waals surface area contributed by atoms with Crippen LogP contribution in [-0.4, -0.2) is 87.3 Å². The monoisotopic (exact) mass is 449 g/mol. The molecule has 3 N–H and O–H groups in total. The molecule has 0 radical (unpaired) electrons. The summed E-state index contributed by atoms with van der Waals surface area (Å²) < 4.78 is 24.7. The van der Waals surface area contributed by atoms with Gasteiger partial charge in [-0.2, -0.15) is 0 Å². The lowest BCUT2D eigenvalue weighted by atomic mass is 10.1. The molecule has 168 valence electrons. The van der Waals surface area contributed by atoms with Crippen molar-refractivity contribution < 1.29 is 23.4 Å². The number of hydrogen-bond donors (Lipinski definition) is 3. The van der Waals surface area contributed by atoms with Gasteiger partial charge in [0.15, 0.2) is 9.84 Å². The fourth-order valence-electron chi connectivity index (χ4n) is 4.17. The van der Waals surface area contributed by atoms with Gasteiger partial charge in [-0.15, -0.1) is 5.10 Å². The van der Waals surface area contributed by atoms with Gasteiger partial charge in [-0.3, -0.25) is 14.4 Å². The van der Waals surface area contributed by atoms with Crippen LogP contribution in [0.4, 0.5) is 0 Å². The average molecular weight is 450 g/mol. The van der Waals surface area contributed by atoms with Gasteiger partial charge in [0, 0.05) is 43.9 Å². The molecule has 1 aromatic carbocycles. The van der Waals surface area contributed by atoms with Gasteiger partial charge in [0.25, 0.3) is 5.91 Å². The highest BCUT2D eigenvalue weighted by Crippen LogP contribution is 2.28. The molecular formula is C20H27N5O5S. The predicted molar refractivity (Wildman–Crippen MR) is 112 cm³/mol. The van der Waals surface area contributed by atoms with Crippen LogP contribution in [0.25, 0.3) is 0 Å². The van der Waals surface area contributed by atoms with E-state index in [2.05, 4.69) is 15.6 Å². The van der Waals surface area contributed by atoms with Crippen LogP contribution >= 0.6 is 0 Å². The number of amides is 1. The van der Waals surface area contributed by atoms with Crippen LogP contribution in [0.1, 0.15) is 22.5 Å². The van der Waals surface area contributed by atoms with E-state index in [-0.39, 0.29) is 23.3 Å². The third-order valence-electron chi connectivity index (χ3n) is 5.98. The largest absolute Gasteiger partial charge is 0.390 e. The summed E-state index contributed by atoms with van der Waals surface area (Å²) in [6.07, 6.45) is 0.148. The molecule has 1 aromatic heterocycles. The lowest BCUT2D eigenvalue weighted by molar-refractivity contribution is 0.00762. The minimum absolute atomic E-state index is 0.156. The molecule has 10 nitrogen and oxygen atoms in total. The third-order valence-corrected chi connectivity index (χ3v) is 7.59. The van der Waals surface area contributed by atoms with Crippen LogP contribution in [0.2, 0.25) is 0 Å². The number of sulfone groups is 1. The summed E-state index contributed by atoms with van der Waals surface area (Å²) in [5.41, 5.74) is 1.22. The van der Waals surface area contributed by atoms with Crippen molar-refractivity contribution in [2.24, 2.45) is 5.92 Å². The smallest absolute Gasteiger partial charge is 0.251 e. The van der Waals surface area contributed by atoms with Gasteiger partial charge in [0.05, 0.1) is 29.3 Å². The van der Waals surface area contributed by atoms with E-state index in [9.17, 15) is 23.4 Å². The third kappa shape index (κ3) is 5.29. The normalized spacial score (nSPS) is 28.5. The summed E-state index contributed by atoms with van der Waals surface area (Å²) in [6, 6.07) is 8.19. The number of aliphatic hydroxyl groups excluding tert-OH is 2. The number of aliphatic hydroxyl groups is 2. The number of rotatable bonds is 6. The zero-order valence-corrected chi connectivity index (χ0v) is 17.9. The number of hydrogen-bond acceptors (Lipinski definition) is 8. The molecule has 4 rings (SSSR count). The first-order valence-electron chi connectivity index (χ1n) is 10.3. The van der Waals surface area contributed by atoms with Gasteiger partial charge in [-0.25, -0.2) is 8.42 Å². The predicted octanol–water partition coefficient (Wildman–Crippen LogP) is -0.951. The number of nitrogens with zero attached hydrogens (tertiary/aromatic N) is 4. The van der Waals surface area contributed by atoms with Crippen LogP contribution in [0, 0.1) is 5.92 Å². The lowest BCUT2D eigenvalue weighted by Crippen LogP contribution is -2.43. The Hall–Kier alpha value is -2.34. The molecule has 2 aromatic rings. The van der Waals surface area contributed by atoms with Gasteiger partial charge in [0.1, 0.15) is 6.10 Å². The van der Waals surface area contributed by atoms with Crippen molar-refractivity contribution in [2.75, 3.05) is 24.6 Å². The highest BCUT2D eigenvalue weighted by molar-refractivity contribution is 7.91. The number of aromatic nitrogens is 3. The fourth-order valence-corrected chi connectivity index (χ4v) is 5.44. The zero-order chi connectivity index (χ0) is 22.0. The second-order valence-electron chi connectivity index (χ2n) is 8.28. The Morgan fingerprint density at radius 1 is 1.13 bits per heavy atom. The molecule has 1 aliphatic heterocycles. The Morgan fingerprint density at radius 2 is 1.84 bits per heavy atom. The standard InChI is InChI=1S/C20H27N5O5S/c26-18-15(10-17(19(18)27)21-20(28)14-4-2-1-3-5-14)11-25-13-16(22-23-25)12-24-6-8-31(29,30)9-7-24/h1-5,13,15,17-19,26-27H,6-12H2,(H,21,28). The van der Waals surface area contributed by atoms with Crippen LogP contribution in [-0.2, 0) is 22.9 Å². The van der Waals surface area contributed by atoms with Crippen LogP contribution in [0.5, 0.6) is 0 Å². The number of carbonyl (C=O) groups excluding carboxylic acids is 1. The highest BCUT2D eigenvalue weighted by atomic mass is 32.2. The molecule has 11 heteroatoms. The van der Waals surface area contributed by atoms with E-state index in [4.69, 9.17) is 0 Å². The van der Waals surface area contributed by atoms with E-state index >= 15 is 0 Å². The van der Waals surface area contributed by atoms with Gasteiger partial charge in [-0.1, -0.05) is 23.4 Å². The quantitative estimate of drug-likeness (QED) is 0.513. The summed E-state index contributed by atoms with van der Waals surface area (Å²) >= 11 is 0. The Morgan fingerprint density at radius 3 is 2.55 bits per heavy atom. The van der Waals surface area contributed by atoms with Crippen molar-refractivity contribution in [1.29, 1.82) is 0 Å². The summed E-state index contributed by atoms with van der Waals surface area (Å²) in [7, 11) is -2.93. The summed E-state index contributed by atoms with van der Waals surface area (Å²) in [5.74, 6) is -0.262. The van der Waals surface area contributed by atoms with Gasteiger partial charge < -0.3 is 15.5 Å². The first-order valence-corrected chi connectivity index (χ1v) is 12.2. The Balaban J connectivity index is 1.32. The Bertz CT molecular complexity index is 998. The minimum atomic E-state index is -2.93. The fraction of sp³-hybridized carbons (Fsp3) is 0.550. The van der Waals surface area contributed by atoms with Crippen molar-refractivity contribution in [1.82, 2.24) is 25.2 Å². The first-order chi connectivity index (χ1) is 14.8. The van der Waals surface area contributed by atoms with Crippen molar-refractivity contribution in [2.45, 2.75) is 37.8 Å². The van der Waals surface area contributed by atoms with E-state index in [0.29, 0.717) is 38.2 Å². The molecule has 2 fully saturated rings. The molecule has 1 saturated carbocycles. The Kier molecular flexibility index (Phi) is 6.37. The topological polar surface area (TPSA) is 138 Å².